The van der Waals surface area contributed by atoms with Gasteiger partial charge in [-0.05, 0) is 29.5 Å². The van der Waals surface area contributed by atoms with E-state index in [9.17, 15) is 0 Å². The lowest BCUT2D eigenvalue weighted by atomic mass is 10.2. The van der Waals surface area contributed by atoms with Gasteiger partial charge in [0.1, 0.15) is 0 Å². The minimum absolute atomic E-state index is 0.259. The van der Waals surface area contributed by atoms with E-state index in [1.807, 2.05) is 18.2 Å². The number of hydrogen-bond acceptors (Lipinski definition) is 6. The van der Waals surface area contributed by atoms with Crippen molar-refractivity contribution in [2.45, 2.75) is 20.1 Å². The predicted octanol–water partition coefficient (Wildman–Crippen LogP) is 0.907. The molecule has 0 fully saturated rings. The van der Waals surface area contributed by atoms with Crippen molar-refractivity contribution in [3.63, 3.8) is 0 Å². The lowest BCUT2D eigenvalue weighted by Crippen LogP contribution is -2.11. The van der Waals surface area contributed by atoms with E-state index in [4.69, 9.17) is 9.47 Å². The summed E-state index contributed by atoms with van der Waals surface area (Å²) in [5, 5.41) is 15.0. The molecule has 7 nitrogen and oxygen atoms in total. The number of aromatic nitrogens is 4. The van der Waals surface area contributed by atoms with Crippen LogP contribution < -0.4 is 14.8 Å². The fraction of sp³-hybridized carbons (Fsp3) is 0.462. The molecule has 0 saturated carbocycles. The quantitative estimate of drug-likeness (QED) is 0.811. The molecule has 1 heterocycles. The molecule has 108 valence electrons. The van der Waals surface area contributed by atoms with Gasteiger partial charge in [-0.2, -0.15) is 4.80 Å². The number of rotatable bonds is 7. The average molecular weight is 277 g/mol. The van der Waals surface area contributed by atoms with Crippen LogP contribution in [0.1, 0.15) is 18.3 Å². The summed E-state index contributed by atoms with van der Waals surface area (Å²) in [4.78, 5) is 1.40. The zero-order valence-corrected chi connectivity index (χ0v) is 12.0. The number of nitrogens with zero attached hydrogens (tertiary/aromatic N) is 4. The Labute approximate surface area is 117 Å². The Hall–Kier alpha value is -2.15. The molecule has 2 aromatic rings. The molecular formula is C13H19N5O2. The molecule has 0 radical (unpaired) electrons. The number of aryl methyl sites for hydroxylation is 1. The van der Waals surface area contributed by atoms with Crippen molar-refractivity contribution in [1.82, 2.24) is 25.5 Å². The lowest BCUT2D eigenvalue weighted by Gasteiger charge is -2.11. The predicted molar refractivity (Wildman–Crippen MR) is 73.5 cm³/mol. The highest BCUT2D eigenvalue weighted by molar-refractivity contribution is 5.42. The standard InChI is InChI=1S/C13H19N5O2/c1-4-14-8-10-5-6-11(19-3)12(7-10)20-9-13-15-17-18(2)16-13/h5-7,14H,4,8-9H2,1-3H3. The van der Waals surface area contributed by atoms with Crippen LogP contribution in [-0.2, 0) is 20.2 Å². The summed E-state index contributed by atoms with van der Waals surface area (Å²) in [7, 11) is 3.33. The molecule has 0 aliphatic carbocycles. The van der Waals surface area contributed by atoms with E-state index in [1.165, 1.54) is 4.80 Å². The first-order valence-corrected chi connectivity index (χ1v) is 6.46. The zero-order valence-electron chi connectivity index (χ0n) is 12.0. The summed E-state index contributed by atoms with van der Waals surface area (Å²) < 4.78 is 11.0. The maximum Gasteiger partial charge on any atom is 0.212 e. The van der Waals surface area contributed by atoms with Crippen LogP contribution in [0.4, 0.5) is 0 Å². The minimum Gasteiger partial charge on any atom is -0.493 e. The maximum atomic E-state index is 5.72. The largest absolute Gasteiger partial charge is 0.493 e. The van der Waals surface area contributed by atoms with Gasteiger partial charge in [0, 0.05) is 6.54 Å². The number of hydrogen-bond donors (Lipinski definition) is 1. The molecule has 0 amide bonds. The summed E-state index contributed by atoms with van der Waals surface area (Å²) >= 11 is 0. The van der Waals surface area contributed by atoms with Gasteiger partial charge < -0.3 is 14.8 Å². The molecule has 1 aromatic heterocycles. The minimum atomic E-state index is 0.259. The van der Waals surface area contributed by atoms with Crippen molar-refractivity contribution in [2.24, 2.45) is 7.05 Å². The second-order valence-electron chi connectivity index (χ2n) is 4.25. The highest BCUT2D eigenvalue weighted by atomic mass is 16.5. The molecule has 0 atom stereocenters. The third-order valence-corrected chi connectivity index (χ3v) is 2.71. The van der Waals surface area contributed by atoms with E-state index in [2.05, 4.69) is 27.7 Å². The second-order valence-corrected chi connectivity index (χ2v) is 4.25. The van der Waals surface area contributed by atoms with Crippen LogP contribution in [0.5, 0.6) is 11.5 Å². The number of benzene rings is 1. The molecule has 0 aliphatic rings. The lowest BCUT2D eigenvalue weighted by molar-refractivity contribution is 0.275. The van der Waals surface area contributed by atoms with Crippen molar-refractivity contribution in [1.29, 1.82) is 0 Å². The topological polar surface area (TPSA) is 74.1 Å². The summed E-state index contributed by atoms with van der Waals surface area (Å²) in [5.74, 6) is 1.90. The third-order valence-electron chi connectivity index (χ3n) is 2.71. The summed E-state index contributed by atoms with van der Waals surface area (Å²) in [6.45, 7) is 4.04. The Kier molecular flexibility index (Phi) is 4.89. The van der Waals surface area contributed by atoms with Crippen LogP contribution in [0, 0.1) is 0 Å². The summed E-state index contributed by atoms with van der Waals surface area (Å²) in [6.07, 6.45) is 0. The van der Waals surface area contributed by atoms with Gasteiger partial charge in [-0.1, -0.05) is 13.0 Å². The van der Waals surface area contributed by atoms with Gasteiger partial charge in [-0.3, -0.25) is 0 Å². The first-order chi connectivity index (χ1) is 9.72. The van der Waals surface area contributed by atoms with Gasteiger partial charge in [0.05, 0.1) is 14.2 Å². The molecule has 1 N–H and O–H groups in total. The van der Waals surface area contributed by atoms with Crippen LogP contribution in [0.2, 0.25) is 0 Å². The van der Waals surface area contributed by atoms with Gasteiger partial charge in [-0.15, -0.1) is 10.2 Å². The van der Waals surface area contributed by atoms with Crippen LogP contribution in [0.3, 0.4) is 0 Å². The van der Waals surface area contributed by atoms with E-state index >= 15 is 0 Å². The van der Waals surface area contributed by atoms with Gasteiger partial charge in [-0.25, -0.2) is 0 Å². The Morgan fingerprint density at radius 1 is 1.30 bits per heavy atom. The number of methoxy groups -OCH3 is 1. The SMILES string of the molecule is CCNCc1ccc(OC)c(OCc2nnn(C)n2)c1. The van der Waals surface area contributed by atoms with Gasteiger partial charge in [0.25, 0.3) is 0 Å². The summed E-state index contributed by atoms with van der Waals surface area (Å²) in [5.41, 5.74) is 1.13. The Morgan fingerprint density at radius 2 is 2.15 bits per heavy atom. The van der Waals surface area contributed by atoms with Crippen LogP contribution in [0.15, 0.2) is 18.2 Å². The molecule has 0 saturated heterocycles. The fourth-order valence-corrected chi connectivity index (χ4v) is 1.74. The summed E-state index contributed by atoms with van der Waals surface area (Å²) in [6, 6.07) is 5.86. The highest BCUT2D eigenvalue weighted by Gasteiger charge is 2.08. The van der Waals surface area contributed by atoms with E-state index in [1.54, 1.807) is 14.2 Å². The number of nitrogens with one attached hydrogen (secondary N) is 1. The first kappa shape index (κ1) is 14.3. The Morgan fingerprint density at radius 3 is 2.80 bits per heavy atom. The fourth-order valence-electron chi connectivity index (χ4n) is 1.74. The normalized spacial score (nSPS) is 10.6. The smallest absolute Gasteiger partial charge is 0.212 e. The zero-order chi connectivity index (χ0) is 14.4. The number of tetrazole rings is 1. The Balaban J connectivity index is 2.07. The molecule has 0 unspecified atom stereocenters. The van der Waals surface area contributed by atoms with Crippen LogP contribution in [0.25, 0.3) is 0 Å². The molecule has 7 heteroatoms. The van der Waals surface area contributed by atoms with Crippen molar-refractivity contribution in [2.75, 3.05) is 13.7 Å². The maximum absolute atomic E-state index is 5.72. The monoisotopic (exact) mass is 277 g/mol. The average Bonchev–Trinajstić information content (AvgIpc) is 2.88. The Bertz CT molecular complexity index is 555. The molecule has 20 heavy (non-hydrogen) atoms. The van der Waals surface area contributed by atoms with E-state index < -0.39 is 0 Å². The second kappa shape index (κ2) is 6.85. The van der Waals surface area contributed by atoms with Crippen LogP contribution in [-0.4, -0.2) is 33.9 Å². The molecule has 2 rings (SSSR count). The van der Waals surface area contributed by atoms with Crippen molar-refractivity contribution in [3.05, 3.63) is 29.6 Å². The van der Waals surface area contributed by atoms with Gasteiger partial charge in [0.2, 0.25) is 5.82 Å². The first-order valence-electron chi connectivity index (χ1n) is 6.46. The van der Waals surface area contributed by atoms with Crippen LogP contribution >= 0.6 is 0 Å². The molecular weight excluding hydrogens is 258 g/mol. The van der Waals surface area contributed by atoms with Crippen molar-refractivity contribution in [3.8, 4) is 11.5 Å². The van der Waals surface area contributed by atoms with E-state index in [0.29, 0.717) is 17.3 Å². The molecule has 0 spiro atoms. The van der Waals surface area contributed by atoms with Gasteiger partial charge in [0.15, 0.2) is 18.1 Å². The van der Waals surface area contributed by atoms with E-state index in [-0.39, 0.29) is 6.61 Å². The highest BCUT2D eigenvalue weighted by Crippen LogP contribution is 2.28. The van der Waals surface area contributed by atoms with E-state index in [0.717, 1.165) is 18.7 Å². The molecule has 1 aromatic carbocycles. The van der Waals surface area contributed by atoms with Crippen molar-refractivity contribution < 1.29 is 9.47 Å². The third kappa shape index (κ3) is 3.67. The number of ether oxygens (including phenoxy) is 2. The molecule has 0 bridgehead atoms. The molecule has 0 aliphatic heterocycles. The van der Waals surface area contributed by atoms with Gasteiger partial charge >= 0.3 is 0 Å². The van der Waals surface area contributed by atoms with Crippen molar-refractivity contribution >= 4 is 0 Å².